The van der Waals surface area contributed by atoms with Crippen molar-refractivity contribution in [1.82, 2.24) is 9.55 Å². The quantitative estimate of drug-likeness (QED) is 0.662. The molecule has 0 radical (unpaired) electrons. The molecule has 142 valence electrons. The third-order valence-electron chi connectivity index (χ3n) is 3.62. The van der Waals surface area contributed by atoms with Crippen molar-refractivity contribution in [3.05, 3.63) is 47.1 Å². The SMILES string of the molecule is CCOC(=O)c1ccsc1NC(=O)Cn1c(C(F)(F)F)nc2ccccc21. The Morgan fingerprint density at radius 1 is 1.26 bits per heavy atom. The van der Waals surface area contributed by atoms with Crippen LogP contribution in [0.2, 0.25) is 0 Å². The molecule has 6 nitrogen and oxygen atoms in total. The van der Waals surface area contributed by atoms with Crippen molar-refractivity contribution >= 4 is 39.2 Å². The van der Waals surface area contributed by atoms with Crippen LogP contribution in [-0.2, 0) is 22.3 Å². The molecule has 0 aliphatic rings. The summed E-state index contributed by atoms with van der Waals surface area (Å²) in [7, 11) is 0. The van der Waals surface area contributed by atoms with E-state index in [4.69, 9.17) is 4.74 Å². The van der Waals surface area contributed by atoms with Crippen molar-refractivity contribution in [3.8, 4) is 0 Å². The zero-order valence-corrected chi connectivity index (χ0v) is 14.9. The molecule has 1 N–H and O–H groups in total. The van der Waals surface area contributed by atoms with Gasteiger partial charge in [0.15, 0.2) is 0 Å². The first kappa shape index (κ1) is 18.9. The topological polar surface area (TPSA) is 73.2 Å². The van der Waals surface area contributed by atoms with Crippen LogP contribution in [0.1, 0.15) is 23.1 Å². The zero-order chi connectivity index (χ0) is 19.6. The zero-order valence-electron chi connectivity index (χ0n) is 14.0. The number of hydrogen-bond donors (Lipinski definition) is 1. The molecule has 0 saturated heterocycles. The highest BCUT2D eigenvalue weighted by atomic mass is 32.1. The van der Waals surface area contributed by atoms with E-state index >= 15 is 0 Å². The molecule has 10 heteroatoms. The maximum absolute atomic E-state index is 13.3. The average molecular weight is 397 g/mol. The number of esters is 1. The highest BCUT2D eigenvalue weighted by Gasteiger charge is 2.38. The molecule has 0 fully saturated rings. The molecule has 0 atom stereocenters. The van der Waals surface area contributed by atoms with Crippen molar-refractivity contribution in [2.75, 3.05) is 11.9 Å². The largest absolute Gasteiger partial charge is 0.462 e. The minimum atomic E-state index is -4.71. The standard InChI is InChI=1S/C17H14F3N3O3S/c1-2-26-15(25)10-7-8-27-14(10)22-13(24)9-23-12-6-4-3-5-11(12)21-16(23)17(18,19)20/h3-8H,2,9H2,1H3,(H,22,24). The van der Waals surface area contributed by atoms with Crippen LogP contribution in [0.15, 0.2) is 35.7 Å². The van der Waals surface area contributed by atoms with Crippen LogP contribution in [0.4, 0.5) is 18.2 Å². The van der Waals surface area contributed by atoms with Gasteiger partial charge in [0.05, 0.1) is 23.2 Å². The molecular formula is C17H14F3N3O3S. The van der Waals surface area contributed by atoms with Gasteiger partial charge in [-0.15, -0.1) is 11.3 Å². The smallest absolute Gasteiger partial charge is 0.449 e. The Bertz CT molecular complexity index is 994. The van der Waals surface area contributed by atoms with Gasteiger partial charge in [0.25, 0.3) is 0 Å². The van der Waals surface area contributed by atoms with E-state index in [1.165, 1.54) is 18.2 Å². The molecule has 0 aliphatic carbocycles. The number of nitrogens with one attached hydrogen (secondary N) is 1. The summed E-state index contributed by atoms with van der Waals surface area (Å²) in [6.45, 7) is 1.21. The number of hydrogen-bond acceptors (Lipinski definition) is 5. The van der Waals surface area contributed by atoms with E-state index in [2.05, 4.69) is 10.3 Å². The summed E-state index contributed by atoms with van der Waals surface area (Å²) in [4.78, 5) is 27.8. The average Bonchev–Trinajstić information content (AvgIpc) is 3.20. The van der Waals surface area contributed by atoms with Gasteiger partial charge >= 0.3 is 12.1 Å². The highest BCUT2D eigenvalue weighted by molar-refractivity contribution is 7.14. The van der Waals surface area contributed by atoms with Crippen LogP contribution in [-0.4, -0.2) is 28.0 Å². The van der Waals surface area contributed by atoms with Crippen molar-refractivity contribution in [1.29, 1.82) is 0 Å². The first-order valence-corrected chi connectivity index (χ1v) is 8.76. The maximum atomic E-state index is 13.3. The predicted octanol–water partition coefficient (Wildman–Crippen LogP) is 3.93. The number of amides is 1. The fraction of sp³-hybridized carbons (Fsp3) is 0.235. The number of halogens is 3. The van der Waals surface area contributed by atoms with Gasteiger partial charge in [-0.3, -0.25) is 4.79 Å². The Labute approximate surface area is 155 Å². The predicted molar refractivity (Wildman–Crippen MR) is 93.6 cm³/mol. The minimum absolute atomic E-state index is 0.140. The molecule has 0 saturated carbocycles. The molecule has 0 bridgehead atoms. The lowest BCUT2D eigenvalue weighted by molar-refractivity contribution is -0.147. The summed E-state index contributed by atoms with van der Waals surface area (Å²) in [6.07, 6.45) is -4.71. The molecule has 0 unspecified atom stereocenters. The van der Waals surface area contributed by atoms with Crippen LogP contribution in [0.25, 0.3) is 11.0 Å². The number of nitrogens with zero attached hydrogens (tertiary/aromatic N) is 2. The number of para-hydroxylation sites is 2. The monoisotopic (exact) mass is 397 g/mol. The minimum Gasteiger partial charge on any atom is -0.462 e. The lowest BCUT2D eigenvalue weighted by atomic mass is 10.3. The first-order chi connectivity index (χ1) is 12.8. The van der Waals surface area contributed by atoms with Gasteiger partial charge in [-0.05, 0) is 30.5 Å². The van der Waals surface area contributed by atoms with E-state index in [-0.39, 0.29) is 28.2 Å². The second-order valence-electron chi connectivity index (χ2n) is 5.44. The number of ether oxygens (including phenoxy) is 1. The number of carbonyl (C=O) groups is 2. The number of thiophene rings is 1. The summed E-state index contributed by atoms with van der Waals surface area (Å²) in [5.74, 6) is -2.48. The summed E-state index contributed by atoms with van der Waals surface area (Å²) in [6, 6.07) is 7.51. The maximum Gasteiger partial charge on any atom is 0.449 e. The van der Waals surface area contributed by atoms with Gasteiger partial charge in [-0.25, -0.2) is 9.78 Å². The molecular weight excluding hydrogens is 383 g/mol. The Morgan fingerprint density at radius 2 is 2.00 bits per heavy atom. The van der Waals surface area contributed by atoms with Crippen LogP contribution in [0, 0.1) is 0 Å². The summed E-state index contributed by atoms with van der Waals surface area (Å²) >= 11 is 1.08. The lowest BCUT2D eigenvalue weighted by Gasteiger charge is -2.11. The summed E-state index contributed by atoms with van der Waals surface area (Å²) in [5.41, 5.74) is 0.486. The van der Waals surface area contributed by atoms with Crippen molar-refractivity contribution in [2.24, 2.45) is 0 Å². The fourth-order valence-electron chi connectivity index (χ4n) is 2.54. The highest BCUT2D eigenvalue weighted by Crippen LogP contribution is 2.31. The number of anilines is 1. The number of rotatable bonds is 5. The Kier molecular flexibility index (Phi) is 5.17. The molecule has 2 aromatic heterocycles. The van der Waals surface area contributed by atoms with Gasteiger partial charge in [0, 0.05) is 0 Å². The van der Waals surface area contributed by atoms with Crippen LogP contribution >= 0.6 is 11.3 Å². The molecule has 0 aliphatic heterocycles. The summed E-state index contributed by atoms with van der Waals surface area (Å²) in [5, 5.41) is 4.27. The Balaban J connectivity index is 1.87. The lowest BCUT2D eigenvalue weighted by Crippen LogP contribution is -2.23. The van der Waals surface area contributed by atoms with Gasteiger partial charge < -0.3 is 14.6 Å². The van der Waals surface area contributed by atoms with Crippen molar-refractivity contribution in [3.63, 3.8) is 0 Å². The van der Waals surface area contributed by atoms with Crippen molar-refractivity contribution in [2.45, 2.75) is 19.6 Å². The third-order valence-corrected chi connectivity index (χ3v) is 4.45. The van der Waals surface area contributed by atoms with E-state index in [1.54, 1.807) is 24.4 Å². The van der Waals surface area contributed by atoms with Crippen molar-refractivity contribution < 1.29 is 27.5 Å². The molecule has 3 aromatic rings. The van der Waals surface area contributed by atoms with E-state index in [9.17, 15) is 22.8 Å². The van der Waals surface area contributed by atoms with Crippen LogP contribution < -0.4 is 5.32 Å². The summed E-state index contributed by atoms with van der Waals surface area (Å²) < 4.78 is 45.6. The first-order valence-electron chi connectivity index (χ1n) is 7.88. The molecule has 2 heterocycles. The van der Waals surface area contributed by atoms with Crippen LogP contribution in [0.3, 0.4) is 0 Å². The number of imidazole rings is 1. The fourth-order valence-corrected chi connectivity index (χ4v) is 3.33. The van der Waals surface area contributed by atoms with Gasteiger partial charge in [0.1, 0.15) is 11.5 Å². The van der Waals surface area contributed by atoms with Gasteiger partial charge in [-0.2, -0.15) is 13.2 Å². The van der Waals surface area contributed by atoms with E-state index in [0.717, 1.165) is 15.9 Å². The van der Waals surface area contributed by atoms with E-state index in [1.807, 2.05) is 0 Å². The van der Waals surface area contributed by atoms with Gasteiger partial charge in [-0.1, -0.05) is 12.1 Å². The molecule has 27 heavy (non-hydrogen) atoms. The molecule has 3 rings (SSSR count). The number of fused-ring (bicyclic) bond motifs is 1. The van der Waals surface area contributed by atoms with E-state index in [0.29, 0.717) is 0 Å². The molecule has 1 amide bonds. The Hall–Kier alpha value is -2.88. The second-order valence-corrected chi connectivity index (χ2v) is 6.36. The number of aromatic nitrogens is 2. The second kappa shape index (κ2) is 7.39. The number of carbonyl (C=O) groups excluding carboxylic acids is 2. The normalized spacial score (nSPS) is 11.6. The third kappa shape index (κ3) is 3.95. The Morgan fingerprint density at radius 3 is 2.70 bits per heavy atom. The number of alkyl halides is 3. The van der Waals surface area contributed by atoms with E-state index < -0.39 is 30.4 Å². The number of benzene rings is 1. The van der Waals surface area contributed by atoms with Gasteiger partial charge in [0.2, 0.25) is 11.7 Å². The molecule has 0 spiro atoms. The molecule has 1 aromatic carbocycles. The van der Waals surface area contributed by atoms with Crippen LogP contribution in [0.5, 0.6) is 0 Å².